The second-order valence-corrected chi connectivity index (χ2v) is 6.90. The number of ether oxygens (including phenoxy) is 3. The maximum atomic E-state index is 6.07. The zero-order valence-electron chi connectivity index (χ0n) is 15.9. The van der Waals surface area contributed by atoms with E-state index >= 15 is 0 Å². The Hall–Kier alpha value is -2.63. The molecule has 5 nitrogen and oxygen atoms in total. The summed E-state index contributed by atoms with van der Waals surface area (Å²) < 4.78 is 19.4. The summed E-state index contributed by atoms with van der Waals surface area (Å²) in [5, 5.41) is 0. The van der Waals surface area contributed by atoms with Crippen LogP contribution in [0.1, 0.15) is 16.7 Å². The average molecular weight is 364 g/mol. The van der Waals surface area contributed by atoms with Gasteiger partial charge >= 0.3 is 0 Å². The number of hydrogen-bond acceptors (Lipinski definition) is 4. The van der Waals surface area contributed by atoms with Crippen molar-refractivity contribution in [1.29, 1.82) is 0 Å². The molecule has 0 unspecified atom stereocenters. The number of rotatable bonds is 5. The fourth-order valence-electron chi connectivity index (χ4n) is 3.69. The SMILES string of the molecule is COc1ccc(-c2ccc(C3(Cn4ccnc4)OCCO3)cc2C)c(C)c1. The van der Waals surface area contributed by atoms with E-state index in [1.165, 1.54) is 22.3 Å². The van der Waals surface area contributed by atoms with E-state index in [1.807, 2.05) is 16.8 Å². The Bertz CT molecular complexity index is 929. The van der Waals surface area contributed by atoms with Crippen molar-refractivity contribution in [1.82, 2.24) is 9.55 Å². The van der Waals surface area contributed by atoms with Crippen molar-refractivity contribution in [3.05, 3.63) is 71.8 Å². The lowest BCUT2D eigenvalue weighted by atomic mass is 9.93. The quantitative estimate of drug-likeness (QED) is 0.684. The van der Waals surface area contributed by atoms with E-state index in [-0.39, 0.29) is 0 Å². The van der Waals surface area contributed by atoms with Crippen LogP contribution in [0.2, 0.25) is 0 Å². The van der Waals surface area contributed by atoms with Gasteiger partial charge in [0.1, 0.15) is 5.75 Å². The van der Waals surface area contributed by atoms with Crippen molar-refractivity contribution in [3.63, 3.8) is 0 Å². The molecule has 1 aromatic heterocycles. The predicted molar refractivity (Wildman–Crippen MR) is 104 cm³/mol. The molecule has 0 radical (unpaired) electrons. The van der Waals surface area contributed by atoms with E-state index in [2.05, 4.69) is 49.2 Å². The highest BCUT2D eigenvalue weighted by Crippen LogP contribution is 2.37. The van der Waals surface area contributed by atoms with Crippen molar-refractivity contribution in [2.24, 2.45) is 0 Å². The summed E-state index contributed by atoms with van der Waals surface area (Å²) in [5.74, 6) is 0.108. The van der Waals surface area contributed by atoms with Crippen LogP contribution >= 0.6 is 0 Å². The Morgan fingerprint density at radius 2 is 1.74 bits per heavy atom. The van der Waals surface area contributed by atoms with Crippen LogP contribution in [-0.4, -0.2) is 29.9 Å². The highest BCUT2D eigenvalue weighted by Gasteiger charge is 2.39. The van der Waals surface area contributed by atoms with Crippen molar-refractivity contribution >= 4 is 0 Å². The molecular formula is C22H24N2O3. The first-order valence-electron chi connectivity index (χ1n) is 9.11. The third-order valence-corrected chi connectivity index (χ3v) is 5.09. The third-order valence-electron chi connectivity index (χ3n) is 5.09. The zero-order chi connectivity index (χ0) is 18.9. The van der Waals surface area contributed by atoms with Gasteiger partial charge in [0, 0.05) is 18.0 Å². The molecule has 140 valence electrons. The van der Waals surface area contributed by atoms with Crippen LogP contribution in [0.15, 0.2) is 55.1 Å². The maximum Gasteiger partial charge on any atom is 0.213 e. The molecule has 0 aliphatic carbocycles. The minimum atomic E-state index is -0.765. The zero-order valence-corrected chi connectivity index (χ0v) is 15.9. The molecule has 0 spiro atoms. The molecule has 4 rings (SSSR count). The van der Waals surface area contributed by atoms with Gasteiger partial charge in [0.05, 0.1) is 33.2 Å². The Labute approximate surface area is 159 Å². The Balaban J connectivity index is 1.70. The van der Waals surface area contributed by atoms with Crippen LogP contribution in [0, 0.1) is 13.8 Å². The molecule has 5 heteroatoms. The van der Waals surface area contributed by atoms with Gasteiger partial charge < -0.3 is 18.8 Å². The third kappa shape index (κ3) is 3.36. The highest BCUT2D eigenvalue weighted by molar-refractivity contribution is 5.71. The normalized spacial score (nSPS) is 15.8. The molecule has 2 heterocycles. The molecule has 2 aromatic carbocycles. The van der Waals surface area contributed by atoms with Crippen molar-refractivity contribution in [2.75, 3.05) is 20.3 Å². The molecule has 1 fully saturated rings. The van der Waals surface area contributed by atoms with Crippen LogP contribution in [-0.2, 0) is 21.8 Å². The first kappa shape index (κ1) is 17.8. The molecule has 0 N–H and O–H groups in total. The summed E-state index contributed by atoms with van der Waals surface area (Å²) in [6, 6.07) is 12.6. The average Bonchev–Trinajstić information content (AvgIpc) is 3.35. The lowest BCUT2D eigenvalue weighted by molar-refractivity contribution is -0.176. The smallest absolute Gasteiger partial charge is 0.213 e. The van der Waals surface area contributed by atoms with Gasteiger partial charge in [-0.3, -0.25) is 0 Å². The van der Waals surface area contributed by atoms with E-state index in [4.69, 9.17) is 14.2 Å². The van der Waals surface area contributed by atoms with Crippen molar-refractivity contribution in [3.8, 4) is 16.9 Å². The van der Waals surface area contributed by atoms with Crippen LogP contribution in [0.4, 0.5) is 0 Å². The minimum Gasteiger partial charge on any atom is -0.497 e. The van der Waals surface area contributed by atoms with Crippen LogP contribution in [0.3, 0.4) is 0 Å². The molecule has 27 heavy (non-hydrogen) atoms. The predicted octanol–water partition coefficient (Wildman–Crippen LogP) is 4.08. The second kappa shape index (κ2) is 7.18. The number of aromatic nitrogens is 2. The summed E-state index contributed by atoms with van der Waals surface area (Å²) in [7, 11) is 1.69. The molecule has 0 saturated carbocycles. The van der Waals surface area contributed by atoms with Gasteiger partial charge in [0.15, 0.2) is 0 Å². The standard InChI is InChI=1S/C22H24N2O3/c1-16-12-18(22(26-10-11-27-22)14-24-9-8-23-15-24)4-6-20(16)21-7-5-19(25-3)13-17(21)2/h4-9,12-13,15H,10-11,14H2,1-3H3. The number of hydrogen-bond donors (Lipinski definition) is 0. The van der Waals surface area contributed by atoms with Gasteiger partial charge in [-0.1, -0.05) is 24.3 Å². The fraction of sp³-hybridized carbons (Fsp3) is 0.318. The van der Waals surface area contributed by atoms with Gasteiger partial charge in [-0.25, -0.2) is 4.98 Å². The lowest BCUT2D eigenvalue weighted by Gasteiger charge is -2.29. The molecule has 1 aliphatic heterocycles. The molecule has 0 bridgehead atoms. The van der Waals surface area contributed by atoms with Crippen LogP contribution in [0.5, 0.6) is 5.75 Å². The molecule has 1 aliphatic rings. The summed E-state index contributed by atoms with van der Waals surface area (Å²) in [4.78, 5) is 4.13. The number of aryl methyl sites for hydroxylation is 2. The lowest BCUT2D eigenvalue weighted by Crippen LogP contribution is -2.32. The number of methoxy groups -OCH3 is 1. The summed E-state index contributed by atoms with van der Waals surface area (Å²) >= 11 is 0. The van der Waals surface area contributed by atoms with Gasteiger partial charge in [0.25, 0.3) is 0 Å². The minimum absolute atomic E-state index is 0.577. The molecule has 0 amide bonds. The van der Waals surface area contributed by atoms with Gasteiger partial charge in [-0.05, 0) is 48.2 Å². The first-order valence-corrected chi connectivity index (χ1v) is 9.11. The monoisotopic (exact) mass is 364 g/mol. The Morgan fingerprint density at radius 3 is 2.33 bits per heavy atom. The van der Waals surface area contributed by atoms with Gasteiger partial charge in [-0.15, -0.1) is 0 Å². The van der Waals surface area contributed by atoms with Crippen molar-refractivity contribution < 1.29 is 14.2 Å². The first-order chi connectivity index (χ1) is 13.1. The van der Waals surface area contributed by atoms with E-state index in [9.17, 15) is 0 Å². The van der Waals surface area contributed by atoms with Crippen LogP contribution < -0.4 is 4.74 Å². The number of nitrogens with zero attached hydrogens (tertiary/aromatic N) is 2. The second-order valence-electron chi connectivity index (χ2n) is 6.90. The van der Waals surface area contributed by atoms with E-state index in [0.717, 1.165) is 11.3 Å². The molecule has 1 saturated heterocycles. The number of imidazole rings is 1. The van der Waals surface area contributed by atoms with E-state index in [1.54, 1.807) is 19.6 Å². The largest absolute Gasteiger partial charge is 0.497 e. The number of benzene rings is 2. The fourth-order valence-corrected chi connectivity index (χ4v) is 3.69. The van der Waals surface area contributed by atoms with E-state index in [0.29, 0.717) is 19.8 Å². The topological polar surface area (TPSA) is 45.5 Å². The van der Waals surface area contributed by atoms with Crippen LogP contribution in [0.25, 0.3) is 11.1 Å². The maximum absolute atomic E-state index is 6.07. The van der Waals surface area contributed by atoms with Gasteiger partial charge in [0.2, 0.25) is 5.79 Å². The highest BCUT2D eigenvalue weighted by atomic mass is 16.7. The van der Waals surface area contributed by atoms with E-state index < -0.39 is 5.79 Å². The Kier molecular flexibility index (Phi) is 4.72. The summed E-state index contributed by atoms with van der Waals surface area (Å²) in [6.45, 7) is 5.99. The summed E-state index contributed by atoms with van der Waals surface area (Å²) in [5.41, 5.74) is 5.81. The molecule has 0 atom stereocenters. The Morgan fingerprint density at radius 1 is 1.04 bits per heavy atom. The molecular weight excluding hydrogens is 340 g/mol. The van der Waals surface area contributed by atoms with Gasteiger partial charge in [-0.2, -0.15) is 0 Å². The summed E-state index contributed by atoms with van der Waals surface area (Å²) in [6.07, 6.45) is 5.48. The molecule has 3 aromatic rings. The van der Waals surface area contributed by atoms with Crippen molar-refractivity contribution in [2.45, 2.75) is 26.2 Å².